The van der Waals surface area contributed by atoms with Gasteiger partial charge in [0.15, 0.2) is 5.58 Å². The van der Waals surface area contributed by atoms with E-state index in [-0.39, 0.29) is 24.4 Å². The Bertz CT molecular complexity index is 1210. The molecule has 1 aliphatic heterocycles. The number of nitrogens with zero attached hydrogens (tertiary/aromatic N) is 3. The maximum Gasteiger partial charge on any atom is 0.419 e. The van der Waals surface area contributed by atoms with Crippen LogP contribution in [0.1, 0.15) is 18.5 Å². The number of benzene rings is 2. The van der Waals surface area contributed by atoms with Crippen LogP contribution in [0, 0.1) is 0 Å². The van der Waals surface area contributed by atoms with E-state index in [4.69, 9.17) is 9.15 Å². The number of fused-ring (bicyclic) bond motifs is 1. The largest absolute Gasteiger partial charge is 0.496 e. The molecule has 1 aliphatic rings. The van der Waals surface area contributed by atoms with Crippen molar-refractivity contribution in [1.82, 2.24) is 14.4 Å². The van der Waals surface area contributed by atoms with Gasteiger partial charge in [-0.3, -0.25) is 19.1 Å². The van der Waals surface area contributed by atoms with E-state index in [2.05, 4.69) is 5.32 Å². The maximum atomic E-state index is 12.7. The predicted octanol–water partition coefficient (Wildman–Crippen LogP) is 1.98. The molecular weight excluding hydrogens is 412 g/mol. The number of nitrogens with one attached hydrogen (secondary N) is 1. The van der Waals surface area contributed by atoms with Gasteiger partial charge in [0.1, 0.15) is 5.75 Å². The first-order valence-electron chi connectivity index (χ1n) is 10.4. The molecule has 2 heterocycles. The minimum Gasteiger partial charge on any atom is -0.496 e. The molecule has 1 saturated heterocycles. The summed E-state index contributed by atoms with van der Waals surface area (Å²) in [5, 5.41) is 2.86. The van der Waals surface area contributed by atoms with Gasteiger partial charge in [0.2, 0.25) is 11.8 Å². The number of hydrogen-bond acceptors (Lipinski definition) is 6. The Hall–Kier alpha value is -3.59. The number of rotatable bonds is 5. The van der Waals surface area contributed by atoms with Gasteiger partial charge in [-0.25, -0.2) is 4.79 Å². The highest BCUT2D eigenvalue weighted by atomic mass is 16.5. The molecule has 2 aromatic carbocycles. The fourth-order valence-electron chi connectivity index (χ4n) is 4.18. The van der Waals surface area contributed by atoms with Crippen molar-refractivity contribution >= 4 is 28.6 Å². The molecule has 0 bridgehead atoms. The van der Waals surface area contributed by atoms with Crippen LogP contribution >= 0.6 is 0 Å². The van der Waals surface area contributed by atoms with Crippen LogP contribution in [0.15, 0.2) is 51.7 Å². The number of carbonyl (C=O) groups excluding carboxylic acids is 2. The predicted molar refractivity (Wildman–Crippen MR) is 120 cm³/mol. The van der Waals surface area contributed by atoms with Gasteiger partial charge in [-0.2, -0.15) is 0 Å². The second-order valence-corrected chi connectivity index (χ2v) is 7.86. The van der Waals surface area contributed by atoms with Crippen LogP contribution in [0.4, 0.5) is 5.69 Å². The van der Waals surface area contributed by atoms with E-state index in [9.17, 15) is 14.4 Å². The van der Waals surface area contributed by atoms with Gasteiger partial charge >= 0.3 is 5.76 Å². The summed E-state index contributed by atoms with van der Waals surface area (Å²) in [7, 11) is 3.24. The van der Waals surface area contributed by atoms with Crippen LogP contribution in [0.3, 0.4) is 0 Å². The maximum absolute atomic E-state index is 12.7. The van der Waals surface area contributed by atoms with Crippen molar-refractivity contribution in [3.05, 3.63) is 58.6 Å². The second kappa shape index (κ2) is 8.88. The summed E-state index contributed by atoms with van der Waals surface area (Å²) < 4.78 is 12.1. The van der Waals surface area contributed by atoms with Crippen LogP contribution in [0.25, 0.3) is 11.1 Å². The molecule has 0 spiro atoms. The van der Waals surface area contributed by atoms with Crippen LogP contribution < -0.4 is 15.8 Å². The van der Waals surface area contributed by atoms with E-state index in [1.54, 1.807) is 39.3 Å². The van der Waals surface area contributed by atoms with E-state index in [0.29, 0.717) is 42.2 Å². The summed E-state index contributed by atoms with van der Waals surface area (Å²) in [4.78, 5) is 40.5. The topological polar surface area (TPSA) is 97.0 Å². The molecule has 0 saturated carbocycles. The Labute approximate surface area is 185 Å². The van der Waals surface area contributed by atoms with Gasteiger partial charge in [0.05, 0.1) is 25.2 Å². The number of methoxy groups -OCH3 is 1. The molecule has 9 heteroatoms. The smallest absolute Gasteiger partial charge is 0.419 e. The molecule has 0 radical (unpaired) electrons. The van der Waals surface area contributed by atoms with Crippen molar-refractivity contribution in [3.63, 3.8) is 0 Å². The van der Waals surface area contributed by atoms with Crippen molar-refractivity contribution in [1.29, 1.82) is 0 Å². The molecule has 9 nitrogen and oxygen atoms in total. The first kappa shape index (κ1) is 21.6. The molecule has 1 atom stereocenters. The third kappa shape index (κ3) is 4.24. The minimum atomic E-state index is -0.450. The van der Waals surface area contributed by atoms with Crippen molar-refractivity contribution in [2.45, 2.75) is 13.0 Å². The van der Waals surface area contributed by atoms with Gasteiger partial charge < -0.3 is 19.4 Å². The third-order valence-corrected chi connectivity index (χ3v) is 5.81. The number of oxazole rings is 1. The van der Waals surface area contributed by atoms with E-state index in [0.717, 1.165) is 5.56 Å². The Morgan fingerprint density at radius 2 is 1.97 bits per heavy atom. The van der Waals surface area contributed by atoms with Gasteiger partial charge in [-0.15, -0.1) is 0 Å². The lowest BCUT2D eigenvalue weighted by molar-refractivity contribution is -0.134. The normalized spacial score (nSPS) is 16.8. The molecule has 1 aromatic heterocycles. The van der Waals surface area contributed by atoms with Crippen LogP contribution in [-0.4, -0.2) is 59.5 Å². The Kier molecular flexibility index (Phi) is 6.00. The number of ether oxygens (including phenoxy) is 1. The van der Waals surface area contributed by atoms with Gasteiger partial charge in [0.25, 0.3) is 0 Å². The van der Waals surface area contributed by atoms with Crippen molar-refractivity contribution in [2.24, 2.45) is 7.05 Å². The average Bonchev–Trinajstić information content (AvgIpc) is 3.06. The molecule has 0 unspecified atom stereocenters. The van der Waals surface area contributed by atoms with Crippen LogP contribution in [0.2, 0.25) is 0 Å². The first-order valence-corrected chi connectivity index (χ1v) is 10.4. The van der Waals surface area contributed by atoms with E-state index in [1.807, 2.05) is 34.1 Å². The number of amides is 2. The van der Waals surface area contributed by atoms with Crippen LogP contribution in [0.5, 0.6) is 5.75 Å². The molecular formula is C23H26N4O5. The number of carbonyl (C=O) groups is 2. The average molecular weight is 438 g/mol. The zero-order valence-corrected chi connectivity index (χ0v) is 18.3. The molecule has 0 aliphatic carbocycles. The molecule has 3 aromatic rings. The molecule has 168 valence electrons. The summed E-state index contributed by atoms with van der Waals surface area (Å²) >= 11 is 0. The van der Waals surface area contributed by atoms with Gasteiger partial charge in [0, 0.05) is 50.9 Å². The number of aromatic nitrogens is 1. The van der Waals surface area contributed by atoms with E-state index >= 15 is 0 Å². The first-order chi connectivity index (χ1) is 15.4. The third-order valence-electron chi connectivity index (χ3n) is 5.81. The zero-order valence-electron chi connectivity index (χ0n) is 18.3. The number of para-hydroxylation sites is 1. The summed E-state index contributed by atoms with van der Waals surface area (Å²) in [6.07, 6.45) is 0. The number of hydrogen-bond donors (Lipinski definition) is 1. The van der Waals surface area contributed by atoms with E-state index < -0.39 is 5.76 Å². The van der Waals surface area contributed by atoms with Gasteiger partial charge in [-0.1, -0.05) is 18.2 Å². The summed E-state index contributed by atoms with van der Waals surface area (Å²) in [6, 6.07) is 12.5. The summed E-state index contributed by atoms with van der Waals surface area (Å²) in [6.45, 7) is 3.36. The molecule has 1 N–H and O–H groups in total. The van der Waals surface area contributed by atoms with Crippen LogP contribution in [-0.2, 0) is 16.6 Å². The fourth-order valence-corrected chi connectivity index (χ4v) is 4.18. The molecule has 2 amide bonds. The Morgan fingerprint density at radius 1 is 1.19 bits per heavy atom. The van der Waals surface area contributed by atoms with Gasteiger partial charge in [-0.05, 0) is 18.2 Å². The number of aryl methyl sites for hydroxylation is 1. The molecule has 1 fully saturated rings. The lowest BCUT2D eigenvalue weighted by atomic mass is 10.0. The lowest BCUT2D eigenvalue weighted by Crippen LogP contribution is -2.51. The van der Waals surface area contributed by atoms with Crippen molar-refractivity contribution in [3.8, 4) is 5.75 Å². The van der Waals surface area contributed by atoms with E-state index in [1.165, 1.54) is 4.57 Å². The fraction of sp³-hybridized carbons (Fsp3) is 0.348. The molecule has 32 heavy (non-hydrogen) atoms. The Balaban J connectivity index is 1.47. The minimum absolute atomic E-state index is 0.0114. The van der Waals surface area contributed by atoms with Crippen molar-refractivity contribution in [2.75, 3.05) is 38.6 Å². The SMILES string of the molecule is COc1ccccc1[C@H]1CN(CC(=O)Nc2ccc3c(c2)oc(=O)n3C)CCN1C(C)=O. The highest BCUT2D eigenvalue weighted by Crippen LogP contribution is 2.32. The monoisotopic (exact) mass is 438 g/mol. The standard InChI is InChI=1S/C23H26N4O5/c1-15(28)27-11-10-26(13-19(27)17-6-4-5-7-20(17)31-3)14-22(29)24-16-8-9-18-21(12-16)32-23(30)25(18)2/h4-9,12,19H,10-11,13-14H2,1-3H3,(H,24,29)/t19-/m1/s1. The quantitative estimate of drug-likeness (QED) is 0.654. The second-order valence-electron chi connectivity index (χ2n) is 7.86. The Morgan fingerprint density at radius 3 is 2.72 bits per heavy atom. The highest BCUT2D eigenvalue weighted by molar-refractivity contribution is 5.94. The number of anilines is 1. The molecule has 4 rings (SSSR count). The summed E-state index contributed by atoms with van der Waals surface area (Å²) in [5.74, 6) is 0.0715. The number of piperazine rings is 1. The lowest BCUT2D eigenvalue weighted by Gasteiger charge is -2.41. The highest BCUT2D eigenvalue weighted by Gasteiger charge is 2.32. The zero-order chi connectivity index (χ0) is 22.8. The van der Waals surface area contributed by atoms with Crippen molar-refractivity contribution < 1.29 is 18.7 Å². The summed E-state index contributed by atoms with van der Waals surface area (Å²) in [5.41, 5.74) is 2.55.